The summed E-state index contributed by atoms with van der Waals surface area (Å²) in [6.45, 7) is 0.608. The van der Waals surface area contributed by atoms with E-state index in [1.54, 1.807) is 42.5 Å². The molecule has 0 saturated carbocycles. The highest BCUT2D eigenvalue weighted by molar-refractivity contribution is 6.33. The van der Waals surface area contributed by atoms with E-state index in [1.165, 1.54) is 0 Å². The van der Waals surface area contributed by atoms with Gasteiger partial charge in [0.2, 0.25) is 0 Å². The molecule has 1 heterocycles. The molecule has 26 heavy (non-hydrogen) atoms. The lowest BCUT2D eigenvalue weighted by Gasteiger charge is -2.06. The number of benzene rings is 2. The van der Waals surface area contributed by atoms with Crippen LogP contribution in [0.1, 0.15) is 20.9 Å². The van der Waals surface area contributed by atoms with Gasteiger partial charge < -0.3 is 15.1 Å². The van der Waals surface area contributed by atoms with E-state index in [0.29, 0.717) is 29.4 Å². The second kappa shape index (κ2) is 8.36. The normalized spacial score (nSPS) is 10.3. The first-order valence-electron chi connectivity index (χ1n) is 8.11. The van der Waals surface area contributed by atoms with Crippen LogP contribution in [-0.4, -0.2) is 24.9 Å². The number of hydrogen-bond donors (Lipinski definition) is 2. The van der Waals surface area contributed by atoms with Crippen LogP contribution in [0.25, 0.3) is 11.3 Å². The van der Waals surface area contributed by atoms with Gasteiger partial charge in [0.05, 0.1) is 5.02 Å². The van der Waals surface area contributed by atoms with Gasteiger partial charge in [-0.15, -0.1) is 0 Å². The third kappa shape index (κ3) is 4.32. The zero-order valence-electron chi connectivity index (χ0n) is 13.9. The summed E-state index contributed by atoms with van der Waals surface area (Å²) in [5.74, 6) is 0.184. The lowest BCUT2D eigenvalue weighted by Crippen LogP contribution is -2.34. The SMILES string of the molecule is O=C(NCCNC(=O)c1ccc(-c2ccccc2Cl)o1)c1ccccc1. The van der Waals surface area contributed by atoms with Gasteiger partial charge in [-0.2, -0.15) is 0 Å². The number of amides is 2. The molecule has 0 aliphatic heterocycles. The van der Waals surface area contributed by atoms with E-state index in [9.17, 15) is 9.59 Å². The molecule has 0 spiro atoms. The van der Waals surface area contributed by atoms with Crippen LogP contribution >= 0.6 is 11.6 Å². The molecule has 0 fully saturated rings. The van der Waals surface area contributed by atoms with Gasteiger partial charge in [-0.1, -0.05) is 41.9 Å². The van der Waals surface area contributed by atoms with Crippen molar-refractivity contribution in [1.29, 1.82) is 0 Å². The summed E-state index contributed by atoms with van der Waals surface area (Å²) in [7, 11) is 0. The molecule has 132 valence electrons. The molecular formula is C20H17ClN2O3. The Kier molecular flexibility index (Phi) is 5.71. The molecule has 0 saturated heterocycles. The van der Waals surface area contributed by atoms with Gasteiger partial charge in [0, 0.05) is 24.2 Å². The molecule has 0 aliphatic carbocycles. The number of halogens is 1. The largest absolute Gasteiger partial charge is 0.451 e. The summed E-state index contributed by atoms with van der Waals surface area (Å²) in [5.41, 5.74) is 1.30. The summed E-state index contributed by atoms with van der Waals surface area (Å²) in [6, 6.07) is 19.4. The highest BCUT2D eigenvalue weighted by atomic mass is 35.5. The second-order valence-electron chi connectivity index (χ2n) is 5.52. The number of furan rings is 1. The Morgan fingerprint density at radius 2 is 1.46 bits per heavy atom. The van der Waals surface area contributed by atoms with Crippen molar-refractivity contribution in [3.63, 3.8) is 0 Å². The van der Waals surface area contributed by atoms with Crippen LogP contribution in [0.2, 0.25) is 5.02 Å². The minimum Gasteiger partial charge on any atom is -0.451 e. The zero-order chi connectivity index (χ0) is 18.4. The molecule has 0 unspecified atom stereocenters. The van der Waals surface area contributed by atoms with Crippen molar-refractivity contribution in [3.05, 3.63) is 83.1 Å². The highest BCUT2D eigenvalue weighted by Gasteiger charge is 2.13. The molecule has 1 aromatic heterocycles. The van der Waals surface area contributed by atoms with E-state index in [1.807, 2.05) is 24.3 Å². The molecule has 0 radical (unpaired) electrons. The number of rotatable bonds is 6. The summed E-state index contributed by atoms with van der Waals surface area (Å²) in [5, 5.41) is 6.00. The lowest BCUT2D eigenvalue weighted by molar-refractivity contribution is 0.0911. The average molecular weight is 369 g/mol. The van der Waals surface area contributed by atoms with E-state index in [4.69, 9.17) is 16.0 Å². The molecule has 6 heteroatoms. The summed E-state index contributed by atoms with van der Waals surface area (Å²) in [4.78, 5) is 24.0. The number of carbonyl (C=O) groups excluding carboxylic acids is 2. The van der Waals surface area contributed by atoms with E-state index >= 15 is 0 Å². The fourth-order valence-electron chi connectivity index (χ4n) is 2.40. The second-order valence-corrected chi connectivity index (χ2v) is 5.93. The fraction of sp³-hybridized carbons (Fsp3) is 0.100. The standard InChI is InChI=1S/C20H17ClN2O3/c21-16-9-5-4-8-15(16)17-10-11-18(26-17)20(25)23-13-12-22-19(24)14-6-2-1-3-7-14/h1-11H,12-13H2,(H,22,24)(H,23,25). The Balaban J connectivity index is 1.50. The molecule has 0 atom stereocenters. The summed E-state index contributed by atoms with van der Waals surface area (Å²) in [6.07, 6.45) is 0. The lowest BCUT2D eigenvalue weighted by atomic mass is 10.2. The number of nitrogens with one attached hydrogen (secondary N) is 2. The van der Waals surface area contributed by atoms with Crippen molar-refractivity contribution in [2.45, 2.75) is 0 Å². The third-order valence-corrected chi connectivity index (χ3v) is 4.03. The van der Waals surface area contributed by atoms with Crippen molar-refractivity contribution in [3.8, 4) is 11.3 Å². The maximum absolute atomic E-state index is 12.1. The first kappa shape index (κ1) is 17.8. The summed E-state index contributed by atoms with van der Waals surface area (Å²) < 4.78 is 5.58. The first-order valence-corrected chi connectivity index (χ1v) is 8.49. The predicted molar refractivity (Wildman–Crippen MR) is 100 cm³/mol. The van der Waals surface area contributed by atoms with Gasteiger partial charge in [0.1, 0.15) is 5.76 Å². The van der Waals surface area contributed by atoms with Gasteiger partial charge in [0.25, 0.3) is 11.8 Å². The Morgan fingerprint density at radius 3 is 2.19 bits per heavy atom. The van der Waals surface area contributed by atoms with Crippen LogP contribution in [0.15, 0.2) is 71.1 Å². The van der Waals surface area contributed by atoms with Crippen LogP contribution in [-0.2, 0) is 0 Å². The van der Waals surface area contributed by atoms with Crippen LogP contribution in [0.5, 0.6) is 0 Å². The predicted octanol–water partition coefficient (Wildman–Crippen LogP) is 3.76. The van der Waals surface area contributed by atoms with Gasteiger partial charge in [0.15, 0.2) is 5.76 Å². The van der Waals surface area contributed by atoms with E-state index in [2.05, 4.69) is 10.6 Å². The molecule has 3 rings (SSSR count). The van der Waals surface area contributed by atoms with Crippen molar-refractivity contribution in [2.24, 2.45) is 0 Å². The molecular weight excluding hydrogens is 352 g/mol. The highest BCUT2D eigenvalue weighted by Crippen LogP contribution is 2.28. The van der Waals surface area contributed by atoms with Crippen LogP contribution in [0.3, 0.4) is 0 Å². The Labute approximate surface area is 156 Å². The number of carbonyl (C=O) groups is 2. The Morgan fingerprint density at radius 1 is 0.808 bits per heavy atom. The smallest absolute Gasteiger partial charge is 0.287 e. The Hall–Kier alpha value is -3.05. The van der Waals surface area contributed by atoms with Gasteiger partial charge in [-0.3, -0.25) is 9.59 Å². The quantitative estimate of drug-likeness (QED) is 0.651. The third-order valence-electron chi connectivity index (χ3n) is 3.70. The van der Waals surface area contributed by atoms with Crippen molar-refractivity contribution in [2.75, 3.05) is 13.1 Å². The van der Waals surface area contributed by atoms with E-state index in [-0.39, 0.29) is 17.6 Å². The molecule has 3 aromatic rings. The van der Waals surface area contributed by atoms with Crippen LogP contribution < -0.4 is 10.6 Å². The topological polar surface area (TPSA) is 71.3 Å². The monoisotopic (exact) mass is 368 g/mol. The first-order chi connectivity index (χ1) is 12.6. The van der Waals surface area contributed by atoms with Gasteiger partial charge >= 0.3 is 0 Å². The average Bonchev–Trinajstić information content (AvgIpc) is 3.16. The molecule has 0 bridgehead atoms. The maximum Gasteiger partial charge on any atom is 0.287 e. The van der Waals surface area contributed by atoms with E-state index in [0.717, 1.165) is 5.56 Å². The molecule has 2 N–H and O–H groups in total. The van der Waals surface area contributed by atoms with Gasteiger partial charge in [-0.25, -0.2) is 0 Å². The molecule has 5 nitrogen and oxygen atoms in total. The zero-order valence-corrected chi connectivity index (χ0v) is 14.6. The van der Waals surface area contributed by atoms with E-state index < -0.39 is 0 Å². The molecule has 0 aliphatic rings. The maximum atomic E-state index is 12.1. The molecule has 2 aromatic carbocycles. The van der Waals surface area contributed by atoms with Crippen molar-refractivity contribution in [1.82, 2.24) is 10.6 Å². The van der Waals surface area contributed by atoms with Gasteiger partial charge in [-0.05, 0) is 36.4 Å². The minimum absolute atomic E-state index is 0.182. The number of hydrogen-bond acceptors (Lipinski definition) is 3. The van der Waals surface area contributed by atoms with Crippen LogP contribution in [0, 0.1) is 0 Å². The minimum atomic E-state index is -0.350. The van der Waals surface area contributed by atoms with Crippen LogP contribution in [0.4, 0.5) is 0 Å². The molecule has 2 amide bonds. The van der Waals surface area contributed by atoms with Crippen molar-refractivity contribution >= 4 is 23.4 Å². The summed E-state index contributed by atoms with van der Waals surface area (Å²) >= 11 is 6.13. The Bertz CT molecular complexity index is 906. The fourth-order valence-corrected chi connectivity index (χ4v) is 2.63. The van der Waals surface area contributed by atoms with Crippen molar-refractivity contribution < 1.29 is 14.0 Å².